The van der Waals surface area contributed by atoms with Crippen molar-refractivity contribution in [2.45, 2.75) is 411 Å². The summed E-state index contributed by atoms with van der Waals surface area (Å²) < 4.78 is 22.9. The summed E-state index contributed by atoms with van der Waals surface area (Å²) in [5, 5.41) is 11.9. The van der Waals surface area contributed by atoms with E-state index in [0.717, 1.165) is 96.3 Å². The van der Waals surface area contributed by atoms with Crippen molar-refractivity contribution in [3.05, 3.63) is 122 Å². The molecule has 0 aliphatic rings. The largest absolute Gasteiger partial charge is 0.545 e. The topological polar surface area (TPSA) is 111 Å². The fraction of sp³-hybridized carbons (Fsp3) is 0.755. The molecule has 0 aliphatic carbocycles. The molecule has 2 atom stereocenters. The van der Waals surface area contributed by atoms with Crippen molar-refractivity contribution in [2.75, 3.05) is 47.5 Å². The molecule has 0 spiro atoms. The van der Waals surface area contributed by atoms with Crippen LogP contribution in [0.4, 0.5) is 0 Å². The predicted octanol–water partition coefficient (Wildman–Crippen LogP) is 27.3. The molecule has 0 N–H and O–H groups in total. The zero-order valence-corrected chi connectivity index (χ0v) is 68.2. The molecular formula is C94H165NO8. The zero-order chi connectivity index (χ0) is 74.6. The molecule has 0 bridgehead atoms. The number of hydrogen-bond donors (Lipinski definition) is 0. The molecule has 9 heteroatoms. The van der Waals surface area contributed by atoms with Gasteiger partial charge in [0.2, 0.25) is 0 Å². The molecule has 594 valence electrons. The Balaban J connectivity index is 3.93. The Morgan fingerprint density at radius 2 is 0.524 bits per heavy atom. The Hall–Kier alpha value is -4.31. The van der Waals surface area contributed by atoms with Crippen molar-refractivity contribution < 1.29 is 42.9 Å². The van der Waals surface area contributed by atoms with Gasteiger partial charge in [-0.2, -0.15) is 0 Å². The lowest BCUT2D eigenvalue weighted by Crippen LogP contribution is -2.44. The van der Waals surface area contributed by atoms with Crippen LogP contribution in [0.2, 0.25) is 0 Å². The second-order valence-electron chi connectivity index (χ2n) is 30.4. The highest BCUT2D eigenvalue weighted by molar-refractivity contribution is 5.70. The first-order valence-corrected chi connectivity index (χ1v) is 43.7. The molecule has 0 aromatic heterocycles. The summed E-state index contributed by atoms with van der Waals surface area (Å²) in [6.45, 7) is 4.57. The van der Waals surface area contributed by atoms with E-state index in [4.69, 9.17) is 18.9 Å². The standard InChI is InChI=1S/C94H165NO8/c1-6-8-10-12-14-16-18-20-22-24-26-28-30-32-34-36-38-40-42-44-45-46-47-49-50-52-54-56-58-60-62-64-66-68-70-72-74-76-78-80-82-84-91(96)101-88-90(89-102-94(93(98)99)100-87-86-95(3,4)5)103-92(97)85-83-81-79-77-75-73-71-69-67-65-63-61-59-57-55-53-51-48-43-41-39-37-35-33-31-29-27-25-23-21-19-17-15-13-11-9-7-2/h8-11,14-17,20-23,26-29,33,35,39,41,90,94H,6-7,12-13,18-19,24-25,30-32,34,36-38,40,42-89H2,1-5H3/b10-8-,11-9-,16-14-,17-15-,22-20-,23-21-,28-26-,29-27-,35-33-,41-39-. The molecule has 0 saturated heterocycles. The van der Waals surface area contributed by atoms with Gasteiger partial charge in [-0.3, -0.25) is 9.59 Å². The number of esters is 2. The number of likely N-dealkylation sites (N-methyl/N-ethyl adjacent to an activating group) is 1. The minimum atomic E-state index is -1.62. The number of aliphatic carboxylic acids is 1. The van der Waals surface area contributed by atoms with E-state index in [-0.39, 0.29) is 32.2 Å². The molecule has 2 unspecified atom stereocenters. The number of nitrogens with zero attached hydrogens (tertiary/aromatic N) is 1. The first-order valence-electron chi connectivity index (χ1n) is 43.7. The van der Waals surface area contributed by atoms with Gasteiger partial charge in [-0.05, 0) is 103 Å². The average molecular weight is 1440 g/mol. The van der Waals surface area contributed by atoms with E-state index in [1.807, 2.05) is 21.1 Å². The number of quaternary nitrogens is 1. The lowest BCUT2D eigenvalue weighted by Gasteiger charge is -2.26. The average Bonchev–Trinajstić information content (AvgIpc) is 1.16. The summed E-state index contributed by atoms with van der Waals surface area (Å²) in [5.74, 6) is -2.26. The number of allylic oxidation sites excluding steroid dienone is 20. The van der Waals surface area contributed by atoms with Crippen molar-refractivity contribution in [3.63, 3.8) is 0 Å². The maximum atomic E-state index is 13.0. The molecule has 0 saturated carbocycles. The number of carboxylic acids is 1. The second kappa shape index (κ2) is 83.3. The van der Waals surface area contributed by atoms with E-state index in [1.165, 1.54) is 270 Å². The molecule has 0 aromatic rings. The van der Waals surface area contributed by atoms with Crippen LogP contribution < -0.4 is 5.11 Å². The highest BCUT2D eigenvalue weighted by atomic mass is 16.7. The van der Waals surface area contributed by atoms with Crippen LogP contribution in [-0.2, 0) is 33.3 Å². The SMILES string of the molecule is CC/C=C\C/C=C\C/C=C\C/C=C\C/C=C\C/C=C\CCCCCCCCCCCCCCCCCCCCC(=O)OC(COC(=O)CCCCCCCCCCCCCCCCCCCCCCCCCCCCCC/C=C\C/C=C\C/C=C\C/C=C\CC)COC(OCC[N+](C)(C)C)C(=O)[O-]. The smallest absolute Gasteiger partial charge is 0.306 e. The Kier molecular flexibility index (Phi) is 79.8. The summed E-state index contributed by atoms with van der Waals surface area (Å²) >= 11 is 0. The third kappa shape index (κ3) is 84.8. The quantitative estimate of drug-likeness (QED) is 0.0195. The third-order valence-corrected chi connectivity index (χ3v) is 19.2. The maximum Gasteiger partial charge on any atom is 0.306 e. The second-order valence-corrected chi connectivity index (χ2v) is 30.4. The Morgan fingerprint density at radius 3 is 0.777 bits per heavy atom. The highest BCUT2D eigenvalue weighted by Gasteiger charge is 2.22. The van der Waals surface area contributed by atoms with Crippen LogP contribution in [-0.4, -0.2) is 82.3 Å². The van der Waals surface area contributed by atoms with Gasteiger partial charge in [-0.25, -0.2) is 0 Å². The molecule has 103 heavy (non-hydrogen) atoms. The van der Waals surface area contributed by atoms with Gasteiger partial charge in [-0.1, -0.05) is 405 Å². The van der Waals surface area contributed by atoms with E-state index in [9.17, 15) is 19.5 Å². The normalized spacial score (nSPS) is 13.2. The van der Waals surface area contributed by atoms with E-state index < -0.39 is 24.3 Å². The molecule has 0 fully saturated rings. The van der Waals surface area contributed by atoms with Gasteiger partial charge in [0.1, 0.15) is 13.2 Å². The molecule has 0 amide bonds. The number of carbonyl (C=O) groups excluding carboxylic acids is 3. The van der Waals surface area contributed by atoms with Crippen LogP contribution in [0.5, 0.6) is 0 Å². The molecule has 0 aliphatic heterocycles. The van der Waals surface area contributed by atoms with Crippen LogP contribution in [0.1, 0.15) is 399 Å². The number of carbonyl (C=O) groups is 3. The number of rotatable bonds is 81. The predicted molar refractivity (Wildman–Crippen MR) is 444 cm³/mol. The van der Waals surface area contributed by atoms with Gasteiger partial charge in [0.05, 0.1) is 40.3 Å². The van der Waals surface area contributed by atoms with Crippen LogP contribution in [0, 0.1) is 0 Å². The van der Waals surface area contributed by atoms with Crippen LogP contribution >= 0.6 is 0 Å². The first kappa shape index (κ1) is 98.7. The fourth-order valence-electron chi connectivity index (χ4n) is 12.7. The van der Waals surface area contributed by atoms with Crippen molar-refractivity contribution in [1.29, 1.82) is 0 Å². The van der Waals surface area contributed by atoms with Crippen molar-refractivity contribution in [1.82, 2.24) is 0 Å². The van der Waals surface area contributed by atoms with Gasteiger partial charge in [0.25, 0.3) is 0 Å². The van der Waals surface area contributed by atoms with Crippen LogP contribution in [0.15, 0.2) is 122 Å². The van der Waals surface area contributed by atoms with Crippen molar-refractivity contribution in [2.24, 2.45) is 0 Å². The lowest BCUT2D eigenvalue weighted by molar-refractivity contribution is -0.870. The fourth-order valence-corrected chi connectivity index (χ4v) is 12.7. The molecule has 9 nitrogen and oxygen atoms in total. The van der Waals surface area contributed by atoms with Crippen molar-refractivity contribution >= 4 is 17.9 Å². The number of carboxylic acid groups (broad SMARTS) is 1. The Morgan fingerprint density at radius 1 is 0.291 bits per heavy atom. The molecule has 0 heterocycles. The summed E-state index contributed by atoms with van der Waals surface area (Å²) in [5.41, 5.74) is 0. The molecule has 0 radical (unpaired) electrons. The van der Waals surface area contributed by atoms with Gasteiger partial charge in [-0.15, -0.1) is 0 Å². The highest BCUT2D eigenvalue weighted by Crippen LogP contribution is 2.20. The minimum Gasteiger partial charge on any atom is -0.545 e. The summed E-state index contributed by atoms with van der Waals surface area (Å²) in [7, 11) is 5.95. The van der Waals surface area contributed by atoms with Crippen LogP contribution in [0.25, 0.3) is 0 Å². The first-order chi connectivity index (χ1) is 50.6. The Bertz CT molecular complexity index is 2120. The van der Waals surface area contributed by atoms with Gasteiger partial charge in [0, 0.05) is 12.8 Å². The molecule has 0 aromatic carbocycles. The number of ether oxygens (including phenoxy) is 4. The Labute approximate surface area is 637 Å². The lowest BCUT2D eigenvalue weighted by atomic mass is 10.0. The number of hydrogen-bond acceptors (Lipinski definition) is 8. The van der Waals surface area contributed by atoms with E-state index in [0.29, 0.717) is 23.9 Å². The van der Waals surface area contributed by atoms with Gasteiger partial charge in [0.15, 0.2) is 12.4 Å². The third-order valence-electron chi connectivity index (χ3n) is 19.2. The van der Waals surface area contributed by atoms with E-state index in [1.54, 1.807) is 0 Å². The van der Waals surface area contributed by atoms with E-state index in [2.05, 4.69) is 135 Å². The summed E-state index contributed by atoms with van der Waals surface area (Å²) in [4.78, 5) is 37.7. The molecular weight excluding hydrogens is 1270 g/mol. The van der Waals surface area contributed by atoms with Gasteiger partial charge < -0.3 is 33.3 Å². The zero-order valence-electron chi connectivity index (χ0n) is 68.2. The number of unbranched alkanes of at least 4 members (excludes halogenated alkanes) is 46. The minimum absolute atomic E-state index is 0.147. The molecule has 0 rings (SSSR count). The van der Waals surface area contributed by atoms with E-state index >= 15 is 0 Å². The monoisotopic (exact) mass is 1440 g/mol. The summed E-state index contributed by atoms with van der Waals surface area (Å²) in [6, 6.07) is 0. The summed E-state index contributed by atoms with van der Waals surface area (Å²) in [6.07, 6.45) is 116. The van der Waals surface area contributed by atoms with Crippen molar-refractivity contribution in [3.8, 4) is 0 Å². The van der Waals surface area contributed by atoms with Gasteiger partial charge >= 0.3 is 11.9 Å². The van der Waals surface area contributed by atoms with Crippen LogP contribution in [0.3, 0.4) is 0 Å². The maximum absolute atomic E-state index is 13.0.